The SMILES string of the molecule is COC(=O)[C@]1(C)CCN(c2cccc(-c3cccc(C)c3OCc3ccc4c(c3C)CCN(C(=O)OC(C)(C)C)C4)n2)C1. The van der Waals surface area contributed by atoms with Crippen molar-refractivity contribution in [2.75, 3.05) is 31.6 Å². The third kappa shape index (κ3) is 6.48. The molecule has 0 unspecified atom stereocenters. The molecule has 8 nitrogen and oxygen atoms in total. The summed E-state index contributed by atoms with van der Waals surface area (Å²) in [6.07, 6.45) is 1.24. The van der Waals surface area contributed by atoms with Gasteiger partial charge in [0.25, 0.3) is 0 Å². The lowest BCUT2D eigenvalue weighted by Gasteiger charge is -2.32. The number of anilines is 1. The Labute approximate surface area is 255 Å². The van der Waals surface area contributed by atoms with Gasteiger partial charge < -0.3 is 24.0 Å². The standard InChI is InChI=1S/C35H43N3O5/c1-23-10-8-11-28(29-12-9-13-30(36-29)38-19-17-35(6,22-38)32(39)41-7)31(23)42-21-26-15-14-25-20-37(18-16-27(25)24(26)2)33(40)43-34(3,4)5/h8-15H,16-22H2,1-7H3/t35-/m1/s1. The number of ether oxygens (including phenoxy) is 3. The van der Waals surface area contributed by atoms with Gasteiger partial charge in [0, 0.05) is 31.7 Å². The van der Waals surface area contributed by atoms with E-state index in [1.54, 1.807) is 4.90 Å². The lowest BCUT2D eigenvalue weighted by Crippen LogP contribution is -2.40. The Balaban J connectivity index is 1.33. The van der Waals surface area contributed by atoms with Crippen LogP contribution >= 0.6 is 0 Å². The fourth-order valence-electron chi connectivity index (χ4n) is 6.04. The van der Waals surface area contributed by atoms with Crippen LogP contribution in [0.25, 0.3) is 11.3 Å². The average Bonchev–Trinajstić information content (AvgIpc) is 3.39. The number of carbonyl (C=O) groups is 2. The van der Waals surface area contributed by atoms with E-state index < -0.39 is 11.0 Å². The van der Waals surface area contributed by atoms with Crippen LogP contribution in [0.15, 0.2) is 48.5 Å². The molecule has 1 atom stereocenters. The Hall–Kier alpha value is -4.07. The molecule has 0 radical (unpaired) electrons. The highest BCUT2D eigenvalue weighted by atomic mass is 16.6. The Kier molecular flexibility index (Phi) is 8.41. The largest absolute Gasteiger partial charge is 0.488 e. The molecule has 2 aromatic carbocycles. The summed E-state index contributed by atoms with van der Waals surface area (Å²) in [7, 11) is 1.44. The number of amides is 1. The number of hydrogen-bond donors (Lipinski definition) is 0. The first-order chi connectivity index (χ1) is 20.4. The van der Waals surface area contributed by atoms with Gasteiger partial charge in [0.05, 0.1) is 18.2 Å². The van der Waals surface area contributed by atoms with E-state index in [-0.39, 0.29) is 12.1 Å². The van der Waals surface area contributed by atoms with Crippen LogP contribution in [0.4, 0.5) is 10.6 Å². The molecule has 0 spiro atoms. The second-order valence-electron chi connectivity index (χ2n) is 13.0. The second-order valence-corrected chi connectivity index (χ2v) is 13.0. The first-order valence-corrected chi connectivity index (χ1v) is 15.0. The van der Waals surface area contributed by atoms with Crippen LogP contribution in [0.2, 0.25) is 0 Å². The van der Waals surface area contributed by atoms with Crippen LogP contribution in [0, 0.1) is 19.3 Å². The van der Waals surface area contributed by atoms with Crippen molar-refractivity contribution in [3.63, 3.8) is 0 Å². The lowest BCUT2D eigenvalue weighted by atomic mass is 9.90. The normalized spacial score (nSPS) is 18.3. The van der Waals surface area contributed by atoms with E-state index in [0.29, 0.717) is 26.2 Å². The molecule has 2 aliphatic heterocycles. The summed E-state index contributed by atoms with van der Waals surface area (Å²) in [5.41, 5.74) is 6.51. The molecule has 3 aromatic rings. The minimum absolute atomic E-state index is 0.182. The van der Waals surface area contributed by atoms with Crippen molar-refractivity contribution in [3.8, 4) is 17.0 Å². The molecule has 0 saturated carbocycles. The van der Waals surface area contributed by atoms with E-state index in [9.17, 15) is 9.59 Å². The molecule has 1 fully saturated rings. The van der Waals surface area contributed by atoms with Crippen molar-refractivity contribution in [1.82, 2.24) is 9.88 Å². The summed E-state index contributed by atoms with van der Waals surface area (Å²) < 4.78 is 17.2. The molecular formula is C35H43N3O5. The third-order valence-electron chi connectivity index (χ3n) is 8.52. The first kappa shape index (κ1) is 30.4. The van der Waals surface area contributed by atoms with E-state index in [4.69, 9.17) is 19.2 Å². The van der Waals surface area contributed by atoms with Crippen LogP contribution in [-0.4, -0.2) is 54.3 Å². The summed E-state index contributed by atoms with van der Waals surface area (Å²) in [6.45, 7) is 14.7. The second kappa shape index (κ2) is 11.9. The number of hydrogen-bond acceptors (Lipinski definition) is 7. The minimum atomic E-state index is -0.537. The number of carbonyl (C=O) groups excluding carboxylic acids is 2. The average molecular weight is 586 g/mol. The number of rotatable bonds is 6. The zero-order valence-electron chi connectivity index (χ0n) is 26.5. The van der Waals surface area contributed by atoms with Crippen molar-refractivity contribution in [3.05, 3.63) is 76.3 Å². The molecule has 0 N–H and O–H groups in total. The first-order valence-electron chi connectivity index (χ1n) is 15.0. The molecule has 1 saturated heterocycles. The quantitative estimate of drug-likeness (QED) is 0.301. The highest BCUT2D eigenvalue weighted by Crippen LogP contribution is 2.37. The molecule has 5 rings (SSSR count). The molecule has 43 heavy (non-hydrogen) atoms. The number of benzene rings is 2. The van der Waals surface area contributed by atoms with Crippen LogP contribution in [0.1, 0.15) is 61.9 Å². The predicted molar refractivity (Wildman–Crippen MR) is 167 cm³/mol. The van der Waals surface area contributed by atoms with E-state index >= 15 is 0 Å². The van der Waals surface area contributed by atoms with Gasteiger partial charge in [-0.2, -0.15) is 0 Å². The summed E-state index contributed by atoms with van der Waals surface area (Å²) in [5.74, 6) is 1.46. The fraction of sp³-hybridized carbons (Fsp3) is 0.457. The van der Waals surface area contributed by atoms with Crippen LogP contribution in [0.5, 0.6) is 5.75 Å². The summed E-state index contributed by atoms with van der Waals surface area (Å²) in [6, 6.07) is 16.3. The van der Waals surface area contributed by atoms with Gasteiger partial charge >= 0.3 is 12.1 Å². The van der Waals surface area contributed by atoms with E-state index in [1.165, 1.54) is 18.2 Å². The molecule has 1 aromatic heterocycles. The van der Waals surface area contributed by atoms with Gasteiger partial charge in [-0.25, -0.2) is 9.78 Å². The van der Waals surface area contributed by atoms with Gasteiger partial charge in [0.15, 0.2) is 0 Å². The van der Waals surface area contributed by atoms with E-state index in [0.717, 1.165) is 58.9 Å². The van der Waals surface area contributed by atoms with Crippen molar-refractivity contribution < 1.29 is 23.8 Å². The maximum absolute atomic E-state index is 12.6. The molecule has 228 valence electrons. The number of fused-ring (bicyclic) bond motifs is 1. The topological polar surface area (TPSA) is 81.2 Å². The Morgan fingerprint density at radius 3 is 2.53 bits per heavy atom. The smallest absolute Gasteiger partial charge is 0.410 e. The summed E-state index contributed by atoms with van der Waals surface area (Å²) in [4.78, 5) is 33.9. The number of pyridine rings is 1. The van der Waals surface area contributed by atoms with Gasteiger partial charge in [0.2, 0.25) is 0 Å². The fourth-order valence-corrected chi connectivity index (χ4v) is 6.04. The van der Waals surface area contributed by atoms with Crippen molar-refractivity contribution in [1.29, 1.82) is 0 Å². The van der Waals surface area contributed by atoms with Gasteiger partial charge in [-0.3, -0.25) is 4.79 Å². The van der Waals surface area contributed by atoms with Gasteiger partial charge in [-0.05, 0) is 100 Å². The summed E-state index contributed by atoms with van der Waals surface area (Å²) in [5, 5.41) is 0. The van der Waals surface area contributed by atoms with E-state index in [2.05, 4.69) is 36.9 Å². The highest BCUT2D eigenvalue weighted by molar-refractivity contribution is 5.78. The van der Waals surface area contributed by atoms with Crippen LogP contribution in [0.3, 0.4) is 0 Å². The van der Waals surface area contributed by atoms with E-state index in [1.807, 2.05) is 58.0 Å². The summed E-state index contributed by atoms with van der Waals surface area (Å²) >= 11 is 0. The third-order valence-corrected chi connectivity index (χ3v) is 8.52. The molecule has 2 aliphatic rings. The number of esters is 1. The maximum Gasteiger partial charge on any atom is 0.410 e. The molecule has 8 heteroatoms. The molecule has 0 aliphatic carbocycles. The number of para-hydroxylation sites is 1. The highest BCUT2D eigenvalue weighted by Gasteiger charge is 2.42. The number of aryl methyl sites for hydroxylation is 1. The van der Waals surface area contributed by atoms with Crippen LogP contribution in [-0.2, 0) is 33.8 Å². The van der Waals surface area contributed by atoms with Crippen molar-refractivity contribution >= 4 is 17.9 Å². The molecular weight excluding hydrogens is 542 g/mol. The van der Waals surface area contributed by atoms with Crippen molar-refractivity contribution in [2.45, 2.75) is 73.1 Å². The monoisotopic (exact) mass is 585 g/mol. The minimum Gasteiger partial charge on any atom is -0.488 e. The zero-order valence-corrected chi connectivity index (χ0v) is 26.5. The van der Waals surface area contributed by atoms with Gasteiger partial charge in [0.1, 0.15) is 23.8 Å². The number of nitrogens with zero attached hydrogens (tertiary/aromatic N) is 3. The Morgan fingerprint density at radius 2 is 1.79 bits per heavy atom. The number of aromatic nitrogens is 1. The Bertz CT molecular complexity index is 1530. The molecule has 3 heterocycles. The maximum atomic E-state index is 12.6. The van der Waals surface area contributed by atoms with Crippen LogP contribution < -0.4 is 9.64 Å². The van der Waals surface area contributed by atoms with Gasteiger partial charge in [-0.15, -0.1) is 0 Å². The number of methoxy groups -OCH3 is 1. The zero-order chi connectivity index (χ0) is 30.9. The predicted octanol–water partition coefficient (Wildman–Crippen LogP) is 6.63. The molecule has 1 amide bonds. The van der Waals surface area contributed by atoms with Gasteiger partial charge in [-0.1, -0.05) is 30.3 Å². The molecule has 0 bridgehead atoms. The Morgan fingerprint density at radius 1 is 1.02 bits per heavy atom. The lowest BCUT2D eigenvalue weighted by molar-refractivity contribution is -0.150. The van der Waals surface area contributed by atoms with Crippen molar-refractivity contribution in [2.24, 2.45) is 5.41 Å².